The van der Waals surface area contributed by atoms with E-state index < -0.39 is 89.0 Å². The minimum absolute atomic E-state index is 0.0410. The molecular weight excluding hydrogens is 749 g/mol. The molecule has 17 nitrogen and oxygen atoms in total. The lowest BCUT2D eigenvalue weighted by molar-refractivity contribution is -0.166. The van der Waals surface area contributed by atoms with Crippen LogP contribution in [0.4, 0.5) is 4.79 Å². The second-order valence-corrected chi connectivity index (χ2v) is 16.1. The molecule has 1 aromatic rings. The van der Waals surface area contributed by atoms with Crippen LogP contribution in [-0.2, 0) is 54.8 Å². The number of sulfonamides is 1. The van der Waals surface area contributed by atoms with Crippen molar-refractivity contribution in [2.45, 2.75) is 124 Å². The van der Waals surface area contributed by atoms with E-state index in [1.165, 1.54) is 4.90 Å². The Bertz CT molecular complexity index is 1540. The number of nitrogens with one attached hydrogen (secondary N) is 5. The van der Waals surface area contributed by atoms with E-state index in [0.29, 0.717) is 45.4 Å². The molecule has 0 saturated carbocycles. The van der Waals surface area contributed by atoms with Crippen LogP contribution in [-0.4, -0.2) is 112 Å². The first-order chi connectivity index (χ1) is 26.5. The van der Waals surface area contributed by atoms with Crippen LogP contribution in [0.25, 0.3) is 0 Å². The van der Waals surface area contributed by atoms with Crippen LogP contribution in [0, 0.1) is 11.8 Å². The Hall–Kier alpha value is -4.29. The summed E-state index contributed by atoms with van der Waals surface area (Å²) in [6.07, 6.45) is 0.577. The Morgan fingerprint density at radius 2 is 1.50 bits per heavy atom. The molecule has 0 radical (unpaired) electrons. The minimum Gasteiger partial charge on any atom is -0.445 e. The summed E-state index contributed by atoms with van der Waals surface area (Å²) in [5, 5.41) is 11.1. The lowest BCUT2D eigenvalue weighted by atomic mass is 10.00. The van der Waals surface area contributed by atoms with Gasteiger partial charge in [0.2, 0.25) is 39.6 Å². The Morgan fingerprint density at radius 1 is 0.857 bits per heavy atom. The first-order valence-corrected chi connectivity index (χ1v) is 21.2. The third-order valence-corrected chi connectivity index (χ3v) is 9.58. The van der Waals surface area contributed by atoms with Crippen LogP contribution in [0.3, 0.4) is 0 Å². The van der Waals surface area contributed by atoms with E-state index in [4.69, 9.17) is 14.2 Å². The van der Waals surface area contributed by atoms with Crippen LogP contribution >= 0.6 is 0 Å². The zero-order valence-electron chi connectivity index (χ0n) is 33.8. The van der Waals surface area contributed by atoms with Crippen molar-refractivity contribution in [3.8, 4) is 0 Å². The SMILES string of the molecule is CCOC(OCC)[C@@H](NC(=O)[C@@H]1CCCN1C(=O)[C@@H](NC(=O)[C@H](CCCCNC(=O)OCc1ccccc1)NC(=O)CCC(=O)NS(C)(=O)=O)C(C)C)C(C)C. The second-order valence-electron chi connectivity index (χ2n) is 14.4. The van der Waals surface area contributed by atoms with E-state index in [-0.39, 0.29) is 31.4 Å². The molecule has 0 unspecified atom stereocenters. The molecule has 0 bridgehead atoms. The van der Waals surface area contributed by atoms with Gasteiger partial charge in [0.05, 0.1) is 12.3 Å². The molecule has 1 saturated heterocycles. The van der Waals surface area contributed by atoms with Crippen molar-refractivity contribution >= 4 is 45.7 Å². The van der Waals surface area contributed by atoms with Gasteiger partial charge < -0.3 is 40.4 Å². The van der Waals surface area contributed by atoms with Gasteiger partial charge in [-0.25, -0.2) is 13.2 Å². The van der Waals surface area contributed by atoms with Crippen molar-refractivity contribution in [2.75, 3.05) is 32.6 Å². The third-order valence-electron chi connectivity index (χ3n) is 8.98. The monoisotopic (exact) mass is 810 g/mol. The number of rotatable bonds is 24. The molecule has 2 rings (SSSR count). The van der Waals surface area contributed by atoms with Gasteiger partial charge in [0.25, 0.3) is 0 Å². The van der Waals surface area contributed by atoms with E-state index in [0.717, 1.165) is 11.8 Å². The molecule has 316 valence electrons. The summed E-state index contributed by atoms with van der Waals surface area (Å²) in [6.45, 7) is 12.5. The van der Waals surface area contributed by atoms with Gasteiger partial charge in [0.1, 0.15) is 24.7 Å². The molecule has 0 aromatic heterocycles. The van der Waals surface area contributed by atoms with Gasteiger partial charge in [0.15, 0.2) is 6.29 Å². The van der Waals surface area contributed by atoms with Crippen LogP contribution in [0.2, 0.25) is 0 Å². The van der Waals surface area contributed by atoms with Crippen molar-refractivity contribution < 1.29 is 51.4 Å². The molecule has 0 spiro atoms. The fraction of sp³-hybridized carbons (Fsp3) is 0.684. The standard InChI is InChI=1S/C38H62N6O11S/c1-8-53-37(54-9-2)33(26(5)6)42-35(48)29-19-15-23-44(29)36(49)32(25(3)4)41-34(47)28(40-30(45)20-21-31(46)43-56(7,51)52)18-13-14-22-39-38(50)55-24-27-16-11-10-12-17-27/h10-12,16-17,25-26,28-29,32-33,37H,8-9,13-15,18-24H2,1-7H3,(H,39,50)(H,40,45)(H,41,47)(H,42,48)(H,43,46)/t28-,29-,32-,33-/m0/s1. The number of carbonyl (C=O) groups excluding carboxylic acids is 6. The van der Waals surface area contributed by atoms with Gasteiger partial charge >= 0.3 is 6.09 Å². The fourth-order valence-electron chi connectivity index (χ4n) is 6.10. The largest absolute Gasteiger partial charge is 0.445 e. The van der Waals surface area contributed by atoms with Crippen LogP contribution < -0.4 is 26.0 Å². The molecular formula is C38H62N6O11S. The number of amides is 6. The van der Waals surface area contributed by atoms with E-state index in [2.05, 4.69) is 21.3 Å². The summed E-state index contributed by atoms with van der Waals surface area (Å²) < 4.78 is 41.3. The molecule has 1 aromatic carbocycles. The van der Waals surface area contributed by atoms with E-state index in [1.807, 2.05) is 58.0 Å². The molecule has 18 heteroatoms. The maximum absolute atomic E-state index is 14.1. The second kappa shape index (κ2) is 24.4. The molecule has 1 aliphatic heterocycles. The smallest absolute Gasteiger partial charge is 0.407 e. The number of hydrogen-bond acceptors (Lipinski definition) is 11. The first-order valence-electron chi connectivity index (χ1n) is 19.4. The quantitative estimate of drug-likeness (QED) is 0.0751. The van der Waals surface area contributed by atoms with Crippen LogP contribution in [0.5, 0.6) is 0 Å². The number of likely N-dealkylation sites (tertiary alicyclic amines) is 1. The third kappa shape index (κ3) is 17.2. The molecule has 1 fully saturated rings. The topological polar surface area (TPSA) is 228 Å². The van der Waals surface area contributed by atoms with Gasteiger partial charge in [-0.15, -0.1) is 0 Å². The van der Waals surface area contributed by atoms with Crippen LogP contribution in [0.1, 0.15) is 92.1 Å². The zero-order chi connectivity index (χ0) is 41.8. The Kier molecular flexibility index (Phi) is 20.8. The summed E-state index contributed by atoms with van der Waals surface area (Å²) >= 11 is 0. The highest BCUT2D eigenvalue weighted by atomic mass is 32.2. The summed E-state index contributed by atoms with van der Waals surface area (Å²) in [4.78, 5) is 80.2. The Balaban J connectivity index is 2.13. The number of carbonyl (C=O) groups is 6. The zero-order valence-corrected chi connectivity index (χ0v) is 34.6. The first kappa shape index (κ1) is 47.9. The van der Waals surface area contributed by atoms with Crippen molar-refractivity contribution in [1.82, 2.24) is 30.9 Å². The minimum atomic E-state index is -3.82. The molecule has 0 aliphatic carbocycles. The number of ether oxygens (including phenoxy) is 3. The summed E-state index contributed by atoms with van der Waals surface area (Å²) in [6, 6.07) is 5.73. The average molecular weight is 811 g/mol. The van der Waals surface area contributed by atoms with Gasteiger partial charge in [-0.2, -0.15) is 0 Å². The molecule has 56 heavy (non-hydrogen) atoms. The normalized spacial score (nSPS) is 15.9. The average Bonchev–Trinajstić information content (AvgIpc) is 3.63. The Morgan fingerprint density at radius 3 is 2.09 bits per heavy atom. The lowest BCUT2D eigenvalue weighted by Gasteiger charge is -2.34. The van der Waals surface area contributed by atoms with Crippen molar-refractivity contribution in [3.63, 3.8) is 0 Å². The number of alkyl carbamates (subject to hydrolysis) is 1. The van der Waals surface area contributed by atoms with Crippen molar-refractivity contribution in [3.05, 3.63) is 35.9 Å². The highest BCUT2D eigenvalue weighted by molar-refractivity contribution is 7.89. The predicted molar refractivity (Wildman–Crippen MR) is 208 cm³/mol. The predicted octanol–water partition coefficient (Wildman–Crippen LogP) is 2.10. The summed E-state index contributed by atoms with van der Waals surface area (Å²) in [5.41, 5.74) is 0.829. The highest BCUT2D eigenvalue weighted by Gasteiger charge is 2.41. The molecule has 4 atom stereocenters. The maximum Gasteiger partial charge on any atom is 0.407 e. The number of benzene rings is 1. The summed E-state index contributed by atoms with van der Waals surface area (Å²) in [5.74, 6) is -3.46. The highest BCUT2D eigenvalue weighted by Crippen LogP contribution is 2.22. The number of nitrogens with zero attached hydrogens (tertiary/aromatic N) is 1. The van der Waals surface area contributed by atoms with Gasteiger partial charge in [-0.05, 0) is 63.4 Å². The molecule has 5 N–H and O–H groups in total. The molecule has 6 amide bonds. The Labute approximate surface area is 331 Å². The van der Waals surface area contributed by atoms with Gasteiger partial charge in [-0.1, -0.05) is 58.0 Å². The fourth-order valence-corrected chi connectivity index (χ4v) is 6.62. The van der Waals surface area contributed by atoms with Crippen molar-refractivity contribution in [1.29, 1.82) is 0 Å². The molecule has 1 aliphatic rings. The van der Waals surface area contributed by atoms with E-state index in [1.54, 1.807) is 18.6 Å². The number of unbranched alkanes of at least 4 members (excludes halogenated alkanes) is 1. The number of hydrogen-bond donors (Lipinski definition) is 5. The lowest BCUT2D eigenvalue weighted by Crippen LogP contribution is -2.59. The maximum atomic E-state index is 14.1. The van der Waals surface area contributed by atoms with E-state index >= 15 is 0 Å². The van der Waals surface area contributed by atoms with E-state index in [9.17, 15) is 37.2 Å². The summed E-state index contributed by atoms with van der Waals surface area (Å²) in [7, 11) is -3.82. The van der Waals surface area contributed by atoms with Crippen molar-refractivity contribution in [2.24, 2.45) is 11.8 Å². The van der Waals surface area contributed by atoms with Crippen LogP contribution in [0.15, 0.2) is 30.3 Å². The van der Waals surface area contributed by atoms with Gasteiger partial charge in [-0.3, -0.25) is 28.7 Å². The van der Waals surface area contributed by atoms with Gasteiger partial charge in [0, 0.05) is 39.1 Å². The molecule has 1 heterocycles.